The maximum atomic E-state index is 10.7. The molecule has 0 aliphatic carbocycles. The standard InChI is InChI=1S/C7H14N2OS/c1-5(2)11-4-6-3-7(10)9-8-6/h5-6,8H,3-4H2,1-2H3,(H,9,10). The monoisotopic (exact) mass is 174 g/mol. The van der Waals surface area contributed by atoms with Gasteiger partial charge >= 0.3 is 0 Å². The lowest BCUT2D eigenvalue weighted by Crippen LogP contribution is -2.32. The molecule has 2 N–H and O–H groups in total. The number of nitrogens with one attached hydrogen (secondary N) is 2. The van der Waals surface area contributed by atoms with Gasteiger partial charge < -0.3 is 0 Å². The quantitative estimate of drug-likeness (QED) is 0.655. The molecule has 11 heavy (non-hydrogen) atoms. The third kappa shape index (κ3) is 3.12. The van der Waals surface area contributed by atoms with E-state index in [0.717, 1.165) is 5.75 Å². The SMILES string of the molecule is CC(C)SCC1CC(=O)NN1. The molecule has 1 heterocycles. The first kappa shape index (κ1) is 8.87. The molecule has 0 aromatic heterocycles. The Bertz CT molecular complexity index is 149. The van der Waals surface area contributed by atoms with Crippen LogP contribution < -0.4 is 10.9 Å². The van der Waals surface area contributed by atoms with Gasteiger partial charge in [-0.25, -0.2) is 5.43 Å². The van der Waals surface area contributed by atoms with Crippen molar-refractivity contribution in [3.05, 3.63) is 0 Å². The molecule has 1 amide bonds. The molecule has 1 aliphatic rings. The molecule has 1 aliphatic heterocycles. The number of hydrogen-bond acceptors (Lipinski definition) is 3. The smallest absolute Gasteiger partial charge is 0.235 e. The highest BCUT2D eigenvalue weighted by atomic mass is 32.2. The average Bonchev–Trinajstić information content (AvgIpc) is 2.31. The zero-order valence-electron chi connectivity index (χ0n) is 6.89. The molecule has 3 nitrogen and oxygen atoms in total. The number of amides is 1. The van der Waals surface area contributed by atoms with Crippen LogP contribution in [0, 0.1) is 0 Å². The fourth-order valence-corrected chi connectivity index (χ4v) is 1.74. The molecule has 0 saturated carbocycles. The summed E-state index contributed by atoms with van der Waals surface area (Å²) in [5.74, 6) is 1.12. The van der Waals surface area contributed by atoms with Gasteiger partial charge in [0.15, 0.2) is 0 Å². The van der Waals surface area contributed by atoms with E-state index in [1.165, 1.54) is 0 Å². The Morgan fingerprint density at radius 3 is 2.91 bits per heavy atom. The normalized spacial score (nSPS) is 24.3. The molecule has 1 rings (SSSR count). The molecular formula is C7H14N2OS. The van der Waals surface area contributed by atoms with E-state index >= 15 is 0 Å². The predicted molar refractivity (Wildman–Crippen MR) is 47.3 cm³/mol. The highest BCUT2D eigenvalue weighted by Crippen LogP contribution is 2.13. The predicted octanol–water partition coefficient (Wildman–Crippen LogP) is 0.521. The minimum absolute atomic E-state index is 0.111. The Labute approximate surface area is 71.3 Å². The summed E-state index contributed by atoms with van der Waals surface area (Å²) in [6, 6.07) is 0.329. The Kier molecular flexibility index (Phi) is 3.20. The Hall–Kier alpha value is -0.220. The third-order valence-corrected chi connectivity index (χ3v) is 2.74. The molecular weight excluding hydrogens is 160 g/mol. The lowest BCUT2D eigenvalue weighted by molar-refractivity contribution is -0.119. The van der Waals surface area contributed by atoms with Crippen LogP contribution in [0.5, 0.6) is 0 Å². The summed E-state index contributed by atoms with van der Waals surface area (Å²) in [6.45, 7) is 4.32. The van der Waals surface area contributed by atoms with Gasteiger partial charge in [0.1, 0.15) is 0 Å². The van der Waals surface area contributed by atoms with Crippen LogP contribution in [0.15, 0.2) is 0 Å². The van der Waals surface area contributed by atoms with Crippen LogP contribution >= 0.6 is 11.8 Å². The van der Waals surface area contributed by atoms with Crippen molar-refractivity contribution in [2.75, 3.05) is 5.75 Å². The lowest BCUT2D eigenvalue weighted by atomic mass is 10.3. The fraction of sp³-hybridized carbons (Fsp3) is 0.857. The van der Waals surface area contributed by atoms with E-state index in [4.69, 9.17) is 0 Å². The first-order valence-corrected chi connectivity index (χ1v) is 4.89. The summed E-state index contributed by atoms with van der Waals surface area (Å²) in [5, 5.41) is 0.646. The fourth-order valence-electron chi connectivity index (χ4n) is 0.918. The van der Waals surface area contributed by atoms with Crippen LogP contribution in [0.25, 0.3) is 0 Å². The van der Waals surface area contributed by atoms with Crippen molar-refractivity contribution < 1.29 is 4.79 Å². The second-order valence-electron chi connectivity index (χ2n) is 2.98. The maximum Gasteiger partial charge on any atom is 0.235 e. The van der Waals surface area contributed by atoms with E-state index in [1.54, 1.807) is 0 Å². The molecule has 0 spiro atoms. The summed E-state index contributed by atoms with van der Waals surface area (Å²) in [5.41, 5.74) is 5.53. The minimum Gasteiger partial charge on any atom is -0.291 e. The highest BCUT2D eigenvalue weighted by molar-refractivity contribution is 7.99. The number of rotatable bonds is 3. The first-order valence-electron chi connectivity index (χ1n) is 3.84. The summed E-state index contributed by atoms with van der Waals surface area (Å²) in [7, 11) is 0. The number of hydrazine groups is 1. The molecule has 0 radical (unpaired) electrons. The molecule has 4 heteroatoms. The van der Waals surface area contributed by atoms with Crippen LogP contribution in [0.1, 0.15) is 20.3 Å². The molecule has 1 saturated heterocycles. The van der Waals surface area contributed by atoms with E-state index in [2.05, 4.69) is 24.7 Å². The second-order valence-corrected chi connectivity index (χ2v) is 4.59. The van der Waals surface area contributed by atoms with Gasteiger partial charge in [0.2, 0.25) is 5.91 Å². The number of carbonyl (C=O) groups excluding carboxylic acids is 1. The van der Waals surface area contributed by atoms with Crippen LogP contribution in [-0.2, 0) is 4.79 Å². The van der Waals surface area contributed by atoms with Crippen LogP contribution in [0.3, 0.4) is 0 Å². The largest absolute Gasteiger partial charge is 0.291 e. The van der Waals surface area contributed by atoms with Gasteiger partial charge in [0.05, 0.1) is 0 Å². The topological polar surface area (TPSA) is 41.1 Å². The average molecular weight is 174 g/mol. The summed E-state index contributed by atoms with van der Waals surface area (Å²) >= 11 is 1.88. The van der Waals surface area contributed by atoms with Crippen molar-refractivity contribution in [3.63, 3.8) is 0 Å². The van der Waals surface area contributed by atoms with Crippen molar-refractivity contribution in [1.82, 2.24) is 10.9 Å². The van der Waals surface area contributed by atoms with E-state index in [1.807, 2.05) is 11.8 Å². The van der Waals surface area contributed by atoms with Gasteiger partial charge in [-0.1, -0.05) is 13.8 Å². The first-order chi connectivity index (χ1) is 5.18. The van der Waals surface area contributed by atoms with Crippen molar-refractivity contribution >= 4 is 17.7 Å². The molecule has 0 aromatic rings. The third-order valence-electron chi connectivity index (χ3n) is 1.48. The number of thioether (sulfide) groups is 1. The van der Waals surface area contributed by atoms with Crippen molar-refractivity contribution in [3.8, 4) is 0 Å². The zero-order valence-corrected chi connectivity index (χ0v) is 7.70. The molecule has 1 atom stereocenters. The van der Waals surface area contributed by atoms with Crippen molar-refractivity contribution in [2.24, 2.45) is 0 Å². The van der Waals surface area contributed by atoms with Gasteiger partial charge in [-0.2, -0.15) is 11.8 Å². The second kappa shape index (κ2) is 3.97. The highest BCUT2D eigenvalue weighted by Gasteiger charge is 2.20. The lowest BCUT2D eigenvalue weighted by Gasteiger charge is -2.09. The zero-order chi connectivity index (χ0) is 8.27. The van der Waals surface area contributed by atoms with E-state index in [-0.39, 0.29) is 5.91 Å². The summed E-state index contributed by atoms with van der Waals surface area (Å²) in [4.78, 5) is 10.7. The summed E-state index contributed by atoms with van der Waals surface area (Å²) < 4.78 is 0. The minimum atomic E-state index is 0.111. The summed E-state index contributed by atoms with van der Waals surface area (Å²) in [6.07, 6.45) is 0.625. The van der Waals surface area contributed by atoms with E-state index in [0.29, 0.717) is 17.7 Å². The van der Waals surface area contributed by atoms with Gasteiger partial charge in [-0.3, -0.25) is 10.2 Å². The molecule has 0 bridgehead atoms. The van der Waals surface area contributed by atoms with Gasteiger partial charge in [0.25, 0.3) is 0 Å². The van der Waals surface area contributed by atoms with Crippen LogP contribution in [0.4, 0.5) is 0 Å². The molecule has 64 valence electrons. The van der Waals surface area contributed by atoms with Gasteiger partial charge in [-0.05, 0) is 5.25 Å². The van der Waals surface area contributed by atoms with Crippen LogP contribution in [0.2, 0.25) is 0 Å². The van der Waals surface area contributed by atoms with Gasteiger partial charge in [-0.15, -0.1) is 0 Å². The number of hydrogen-bond donors (Lipinski definition) is 2. The Morgan fingerprint density at radius 1 is 1.73 bits per heavy atom. The molecule has 1 fully saturated rings. The van der Waals surface area contributed by atoms with E-state index in [9.17, 15) is 4.79 Å². The van der Waals surface area contributed by atoms with Crippen LogP contribution in [-0.4, -0.2) is 23.0 Å². The van der Waals surface area contributed by atoms with Crippen molar-refractivity contribution in [1.29, 1.82) is 0 Å². The Balaban J connectivity index is 2.13. The maximum absolute atomic E-state index is 10.7. The van der Waals surface area contributed by atoms with Crippen molar-refractivity contribution in [2.45, 2.75) is 31.6 Å². The number of carbonyl (C=O) groups is 1. The van der Waals surface area contributed by atoms with Gasteiger partial charge in [0, 0.05) is 18.2 Å². The molecule has 1 unspecified atom stereocenters. The Morgan fingerprint density at radius 2 is 2.45 bits per heavy atom. The molecule has 0 aromatic carbocycles. The van der Waals surface area contributed by atoms with E-state index < -0.39 is 0 Å².